The van der Waals surface area contributed by atoms with Crippen LogP contribution in [0.3, 0.4) is 0 Å². The first-order valence-electron chi connectivity index (χ1n) is 9.83. The van der Waals surface area contributed by atoms with Gasteiger partial charge in [-0.15, -0.1) is 0 Å². The summed E-state index contributed by atoms with van der Waals surface area (Å²) in [6, 6.07) is 10.4. The van der Waals surface area contributed by atoms with Crippen LogP contribution in [0.1, 0.15) is 26.7 Å². The van der Waals surface area contributed by atoms with Crippen LogP contribution in [0.5, 0.6) is 0 Å². The van der Waals surface area contributed by atoms with Gasteiger partial charge in [-0.25, -0.2) is 4.98 Å². The lowest BCUT2D eigenvalue weighted by atomic mass is 9.98. The number of carboxylic acid groups (broad SMARTS) is 2. The summed E-state index contributed by atoms with van der Waals surface area (Å²) in [5, 5.41) is 19.4. The minimum absolute atomic E-state index is 0.733. The number of fused-ring (bicyclic) bond motifs is 1. The average molecular weight is 412 g/mol. The van der Waals surface area contributed by atoms with E-state index in [2.05, 4.69) is 50.3 Å². The molecule has 0 amide bonds. The molecule has 3 heterocycles. The summed E-state index contributed by atoms with van der Waals surface area (Å²) in [6.45, 7) is 5.47. The third kappa shape index (κ3) is 7.29. The number of imidazole rings is 1. The quantitative estimate of drug-likeness (QED) is 0.604. The lowest BCUT2D eigenvalue weighted by Gasteiger charge is -2.23. The molecule has 1 aromatic carbocycles. The monoisotopic (exact) mass is 412 g/mol. The molecule has 0 atom stereocenters. The first kappa shape index (κ1) is 23.0. The molecule has 1 aliphatic heterocycles. The number of nitrogens with one attached hydrogen (secondary N) is 1. The zero-order chi connectivity index (χ0) is 21.9. The second-order valence-corrected chi connectivity index (χ2v) is 7.02. The normalized spacial score (nSPS) is 13.5. The summed E-state index contributed by atoms with van der Waals surface area (Å²) in [5.41, 5.74) is 2.15. The van der Waals surface area contributed by atoms with Crippen LogP contribution in [-0.2, 0) is 16.1 Å². The van der Waals surface area contributed by atoms with Crippen LogP contribution >= 0.6 is 0 Å². The largest absolute Gasteiger partial charge is 0.481 e. The van der Waals surface area contributed by atoms with Crippen LogP contribution in [0.2, 0.25) is 0 Å². The molecule has 30 heavy (non-hydrogen) atoms. The van der Waals surface area contributed by atoms with Crippen molar-refractivity contribution in [2.45, 2.75) is 33.2 Å². The molecule has 8 heteroatoms. The van der Waals surface area contributed by atoms with Crippen molar-refractivity contribution in [2.75, 3.05) is 13.1 Å². The number of hydrogen-bond donors (Lipinski definition) is 3. The molecule has 0 spiro atoms. The lowest BCUT2D eigenvalue weighted by Crippen LogP contribution is -2.29. The van der Waals surface area contributed by atoms with Gasteiger partial charge in [-0.1, -0.05) is 18.2 Å². The van der Waals surface area contributed by atoms with E-state index in [0.29, 0.717) is 0 Å². The van der Waals surface area contributed by atoms with Crippen LogP contribution in [0.25, 0.3) is 22.3 Å². The van der Waals surface area contributed by atoms with Crippen LogP contribution in [0.4, 0.5) is 0 Å². The molecule has 0 unspecified atom stereocenters. The standard InChI is InChI=1S/C18H20N4.2C2H4O2/c1-3-15-4-2-8-20-17(15)16(5-1)18-21-11-12-22(18)13-14-6-9-19-10-7-14;2*1-2(3)4/h1-5,8,11-12,14,19H,6-7,9-10,13H2;2*1H3,(H,3,4). The summed E-state index contributed by atoms with van der Waals surface area (Å²) >= 11 is 0. The van der Waals surface area contributed by atoms with E-state index >= 15 is 0 Å². The second kappa shape index (κ2) is 11.7. The fraction of sp³-hybridized carbons (Fsp3) is 0.364. The second-order valence-electron chi connectivity index (χ2n) is 7.02. The summed E-state index contributed by atoms with van der Waals surface area (Å²) in [4.78, 5) is 27.2. The van der Waals surface area contributed by atoms with E-state index < -0.39 is 11.9 Å². The molecule has 1 fully saturated rings. The van der Waals surface area contributed by atoms with Crippen molar-refractivity contribution in [3.63, 3.8) is 0 Å². The first-order valence-corrected chi connectivity index (χ1v) is 9.83. The fourth-order valence-corrected chi connectivity index (χ4v) is 3.33. The van der Waals surface area contributed by atoms with Gasteiger partial charge in [0.2, 0.25) is 0 Å². The number of pyridine rings is 1. The molecule has 1 saturated heterocycles. The van der Waals surface area contributed by atoms with Gasteiger partial charge in [0, 0.05) is 49.9 Å². The summed E-state index contributed by atoms with van der Waals surface area (Å²) in [7, 11) is 0. The van der Waals surface area contributed by atoms with Gasteiger partial charge in [-0.2, -0.15) is 0 Å². The number of nitrogens with zero attached hydrogens (tertiary/aromatic N) is 3. The average Bonchev–Trinajstić information content (AvgIpc) is 3.15. The van der Waals surface area contributed by atoms with Crippen LogP contribution < -0.4 is 5.32 Å². The van der Waals surface area contributed by atoms with E-state index in [0.717, 1.165) is 61.7 Å². The highest BCUT2D eigenvalue weighted by Gasteiger charge is 2.16. The Kier molecular flexibility index (Phi) is 8.96. The third-order valence-corrected chi connectivity index (χ3v) is 4.50. The highest BCUT2D eigenvalue weighted by Crippen LogP contribution is 2.27. The van der Waals surface area contributed by atoms with Gasteiger partial charge in [0.25, 0.3) is 11.9 Å². The first-order chi connectivity index (χ1) is 14.4. The van der Waals surface area contributed by atoms with Gasteiger partial charge in [0.05, 0.1) is 5.52 Å². The number of aliphatic carboxylic acids is 2. The number of carbonyl (C=O) groups is 2. The minimum atomic E-state index is -0.833. The van der Waals surface area contributed by atoms with Gasteiger partial charge >= 0.3 is 0 Å². The van der Waals surface area contributed by atoms with Crippen molar-refractivity contribution >= 4 is 22.8 Å². The molecule has 3 N–H and O–H groups in total. The number of piperidine rings is 1. The van der Waals surface area contributed by atoms with E-state index in [1.807, 2.05) is 18.5 Å². The Bertz CT molecular complexity index is 939. The Balaban J connectivity index is 0.000000347. The summed E-state index contributed by atoms with van der Waals surface area (Å²) in [6.07, 6.45) is 8.33. The van der Waals surface area contributed by atoms with Crippen molar-refractivity contribution in [2.24, 2.45) is 5.92 Å². The maximum atomic E-state index is 9.00. The zero-order valence-corrected chi connectivity index (χ0v) is 17.3. The van der Waals surface area contributed by atoms with Crippen LogP contribution in [-0.4, -0.2) is 49.8 Å². The van der Waals surface area contributed by atoms with Crippen molar-refractivity contribution in [3.05, 3.63) is 48.9 Å². The molecule has 0 bridgehead atoms. The topological polar surface area (TPSA) is 117 Å². The number of benzene rings is 1. The van der Waals surface area contributed by atoms with Crippen LogP contribution in [0.15, 0.2) is 48.9 Å². The lowest BCUT2D eigenvalue weighted by molar-refractivity contribution is -0.135. The van der Waals surface area contributed by atoms with E-state index in [-0.39, 0.29) is 0 Å². The molecule has 160 valence electrons. The molecule has 2 aromatic heterocycles. The molecule has 4 rings (SSSR count). The predicted molar refractivity (Wildman–Crippen MR) is 115 cm³/mol. The smallest absolute Gasteiger partial charge is 0.300 e. The fourth-order valence-electron chi connectivity index (χ4n) is 3.33. The molecule has 1 aliphatic rings. The Morgan fingerprint density at radius 3 is 2.33 bits per heavy atom. The van der Waals surface area contributed by atoms with Crippen molar-refractivity contribution in [1.29, 1.82) is 0 Å². The maximum Gasteiger partial charge on any atom is 0.300 e. The maximum absolute atomic E-state index is 9.00. The van der Waals surface area contributed by atoms with Gasteiger partial charge in [-0.3, -0.25) is 14.6 Å². The number of carboxylic acids is 2. The van der Waals surface area contributed by atoms with Gasteiger partial charge < -0.3 is 20.1 Å². The van der Waals surface area contributed by atoms with Gasteiger partial charge in [0.1, 0.15) is 5.82 Å². The molecule has 8 nitrogen and oxygen atoms in total. The zero-order valence-electron chi connectivity index (χ0n) is 17.3. The van der Waals surface area contributed by atoms with Crippen molar-refractivity contribution in [1.82, 2.24) is 19.9 Å². The Labute approximate surface area is 175 Å². The van der Waals surface area contributed by atoms with Crippen LogP contribution in [0, 0.1) is 5.92 Å². The predicted octanol–water partition coefficient (Wildman–Crippen LogP) is 3.28. The van der Waals surface area contributed by atoms with E-state index in [9.17, 15) is 0 Å². The molecule has 0 radical (unpaired) electrons. The molecule has 0 saturated carbocycles. The molecular weight excluding hydrogens is 384 g/mol. The summed E-state index contributed by atoms with van der Waals surface area (Å²) < 4.78 is 2.29. The van der Waals surface area contributed by atoms with E-state index in [4.69, 9.17) is 19.8 Å². The SMILES string of the molecule is CC(=O)O.CC(=O)O.c1cnc2c(-c3nccn3CC3CCNCC3)cccc2c1. The highest BCUT2D eigenvalue weighted by atomic mass is 16.4. The van der Waals surface area contributed by atoms with Gasteiger partial charge in [0.15, 0.2) is 0 Å². The summed E-state index contributed by atoms with van der Waals surface area (Å²) in [5.74, 6) is 0.0972. The molecule has 0 aliphatic carbocycles. The molecular formula is C22H28N4O4. The number of para-hydroxylation sites is 1. The van der Waals surface area contributed by atoms with E-state index in [1.54, 1.807) is 0 Å². The number of aromatic nitrogens is 3. The van der Waals surface area contributed by atoms with E-state index in [1.165, 1.54) is 12.8 Å². The Morgan fingerprint density at radius 2 is 1.67 bits per heavy atom. The Hall–Kier alpha value is -3.26. The third-order valence-electron chi connectivity index (χ3n) is 4.50. The van der Waals surface area contributed by atoms with Crippen molar-refractivity contribution < 1.29 is 19.8 Å². The highest BCUT2D eigenvalue weighted by molar-refractivity contribution is 5.91. The molecule has 3 aromatic rings. The van der Waals surface area contributed by atoms with Crippen molar-refractivity contribution in [3.8, 4) is 11.4 Å². The minimum Gasteiger partial charge on any atom is -0.481 e. The van der Waals surface area contributed by atoms with Gasteiger partial charge in [-0.05, 0) is 44.0 Å². The Morgan fingerprint density at radius 1 is 1.03 bits per heavy atom. The number of hydrogen-bond acceptors (Lipinski definition) is 5. The number of rotatable bonds is 3.